The number of likely N-dealkylation sites (tertiary alicyclic amines) is 1. The number of carbonyl (C=O) groups excluding carboxylic acids is 1. The van der Waals surface area contributed by atoms with Crippen LogP contribution < -0.4 is 0 Å². The fourth-order valence-electron chi connectivity index (χ4n) is 1.25. The van der Waals surface area contributed by atoms with Gasteiger partial charge < -0.3 is 15.1 Å². The van der Waals surface area contributed by atoms with Crippen molar-refractivity contribution in [2.24, 2.45) is 0 Å². The summed E-state index contributed by atoms with van der Waals surface area (Å²) in [6.07, 6.45) is -0.849. The van der Waals surface area contributed by atoms with Gasteiger partial charge in [-0.05, 0) is 6.92 Å². The summed E-state index contributed by atoms with van der Waals surface area (Å²) in [7, 11) is 0. The van der Waals surface area contributed by atoms with Gasteiger partial charge in [-0.1, -0.05) is 0 Å². The van der Waals surface area contributed by atoms with Crippen LogP contribution in [-0.4, -0.2) is 46.3 Å². The van der Waals surface area contributed by atoms with E-state index in [-0.39, 0.29) is 12.3 Å². The van der Waals surface area contributed by atoms with Crippen LogP contribution in [0.4, 0.5) is 0 Å². The molecule has 1 fully saturated rings. The van der Waals surface area contributed by atoms with Crippen molar-refractivity contribution in [2.45, 2.75) is 25.6 Å². The zero-order chi connectivity index (χ0) is 8.43. The minimum atomic E-state index is -0.541. The molecule has 4 heteroatoms. The standard InChI is InChI=1S/C7H13NO3/c1-5(9)3-8-4-6(10)2-7(8)11/h5-6,9-10H,2-4H2,1H3/t5-,6?/m0/s1. The number of hydrogen-bond donors (Lipinski definition) is 2. The summed E-state index contributed by atoms with van der Waals surface area (Å²) in [5.41, 5.74) is 0. The van der Waals surface area contributed by atoms with Crippen LogP contribution in [0.15, 0.2) is 0 Å². The molecule has 2 N–H and O–H groups in total. The van der Waals surface area contributed by atoms with E-state index in [4.69, 9.17) is 10.2 Å². The van der Waals surface area contributed by atoms with E-state index in [0.29, 0.717) is 13.1 Å². The van der Waals surface area contributed by atoms with E-state index in [2.05, 4.69) is 0 Å². The molecule has 2 atom stereocenters. The van der Waals surface area contributed by atoms with E-state index in [1.54, 1.807) is 6.92 Å². The van der Waals surface area contributed by atoms with Gasteiger partial charge >= 0.3 is 0 Å². The van der Waals surface area contributed by atoms with Crippen LogP contribution in [0.5, 0.6) is 0 Å². The molecule has 1 unspecified atom stereocenters. The van der Waals surface area contributed by atoms with Crippen LogP contribution in [-0.2, 0) is 4.79 Å². The molecule has 64 valence electrons. The average molecular weight is 159 g/mol. The zero-order valence-electron chi connectivity index (χ0n) is 6.53. The van der Waals surface area contributed by atoms with E-state index in [0.717, 1.165) is 0 Å². The Bertz CT molecular complexity index is 158. The monoisotopic (exact) mass is 159 g/mol. The summed E-state index contributed by atoms with van der Waals surface area (Å²) in [4.78, 5) is 12.5. The molecule has 0 aromatic heterocycles. The lowest BCUT2D eigenvalue weighted by Crippen LogP contribution is -2.32. The normalized spacial score (nSPS) is 27.7. The van der Waals surface area contributed by atoms with Crippen LogP contribution >= 0.6 is 0 Å². The SMILES string of the molecule is C[C@H](O)CN1CC(O)CC1=O. The Balaban J connectivity index is 2.41. The molecule has 1 aliphatic heterocycles. The Hall–Kier alpha value is -0.610. The highest BCUT2D eigenvalue weighted by atomic mass is 16.3. The second-order valence-electron chi connectivity index (χ2n) is 3.01. The van der Waals surface area contributed by atoms with E-state index in [1.807, 2.05) is 0 Å². The highest BCUT2D eigenvalue weighted by Gasteiger charge is 2.28. The van der Waals surface area contributed by atoms with Gasteiger partial charge in [0.1, 0.15) is 0 Å². The molecule has 1 saturated heterocycles. The predicted molar refractivity (Wildman–Crippen MR) is 38.9 cm³/mol. The molecule has 1 rings (SSSR count). The smallest absolute Gasteiger partial charge is 0.225 e. The Morgan fingerprint density at radius 1 is 1.82 bits per heavy atom. The number of amides is 1. The third-order valence-electron chi connectivity index (χ3n) is 1.68. The Morgan fingerprint density at radius 2 is 2.45 bits per heavy atom. The van der Waals surface area contributed by atoms with Gasteiger partial charge in [0.05, 0.1) is 18.6 Å². The predicted octanol–water partition coefficient (Wildman–Crippen LogP) is -1.04. The molecule has 0 bridgehead atoms. The van der Waals surface area contributed by atoms with Gasteiger partial charge in [0, 0.05) is 13.1 Å². The van der Waals surface area contributed by atoms with Crippen LogP contribution in [0.25, 0.3) is 0 Å². The number of β-amino-alcohol motifs (C(OH)–C–C–N with tert-alkyl or cyclic N) is 2. The molecular formula is C7H13NO3. The first-order valence-electron chi connectivity index (χ1n) is 3.73. The molecule has 1 aliphatic rings. The highest BCUT2D eigenvalue weighted by molar-refractivity contribution is 5.79. The molecular weight excluding hydrogens is 146 g/mol. The van der Waals surface area contributed by atoms with Crippen LogP contribution in [0.1, 0.15) is 13.3 Å². The van der Waals surface area contributed by atoms with Gasteiger partial charge in [-0.15, -0.1) is 0 Å². The van der Waals surface area contributed by atoms with Gasteiger partial charge in [0.25, 0.3) is 0 Å². The highest BCUT2D eigenvalue weighted by Crippen LogP contribution is 2.10. The molecule has 0 spiro atoms. The topological polar surface area (TPSA) is 60.8 Å². The third-order valence-corrected chi connectivity index (χ3v) is 1.68. The first-order valence-corrected chi connectivity index (χ1v) is 3.73. The molecule has 1 heterocycles. The van der Waals surface area contributed by atoms with Crippen molar-refractivity contribution in [1.82, 2.24) is 4.90 Å². The number of aliphatic hydroxyl groups excluding tert-OH is 2. The number of hydrogen-bond acceptors (Lipinski definition) is 3. The average Bonchev–Trinajstić information content (AvgIpc) is 2.09. The lowest BCUT2D eigenvalue weighted by molar-refractivity contribution is -0.128. The van der Waals surface area contributed by atoms with Crippen molar-refractivity contribution >= 4 is 5.91 Å². The summed E-state index contributed by atoms with van der Waals surface area (Å²) in [6.45, 7) is 2.32. The first-order chi connectivity index (χ1) is 5.09. The van der Waals surface area contributed by atoms with Crippen molar-refractivity contribution < 1.29 is 15.0 Å². The van der Waals surface area contributed by atoms with Crippen molar-refractivity contribution in [3.8, 4) is 0 Å². The molecule has 11 heavy (non-hydrogen) atoms. The largest absolute Gasteiger partial charge is 0.392 e. The number of aliphatic hydroxyl groups is 2. The molecule has 0 radical (unpaired) electrons. The minimum Gasteiger partial charge on any atom is -0.392 e. The minimum absolute atomic E-state index is 0.0709. The van der Waals surface area contributed by atoms with Crippen LogP contribution in [0, 0.1) is 0 Å². The molecule has 0 aliphatic carbocycles. The van der Waals surface area contributed by atoms with Gasteiger partial charge in [-0.25, -0.2) is 0 Å². The summed E-state index contributed by atoms with van der Waals surface area (Å²) in [5.74, 6) is -0.0709. The van der Waals surface area contributed by atoms with Gasteiger partial charge in [0.2, 0.25) is 5.91 Å². The Kier molecular flexibility index (Phi) is 2.46. The lowest BCUT2D eigenvalue weighted by atomic mass is 10.3. The Morgan fingerprint density at radius 3 is 2.82 bits per heavy atom. The zero-order valence-corrected chi connectivity index (χ0v) is 6.53. The maximum Gasteiger partial charge on any atom is 0.225 e. The third kappa shape index (κ3) is 2.17. The first kappa shape index (κ1) is 8.49. The van der Waals surface area contributed by atoms with Crippen molar-refractivity contribution in [1.29, 1.82) is 0 Å². The maximum absolute atomic E-state index is 11.0. The number of rotatable bonds is 2. The molecule has 0 saturated carbocycles. The summed E-state index contributed by atoms with van der Waals surface area (Å²) < 4.78 is 0. The number of nitrogens with zero attached hydrogens (tertiary/aromatic N) is 1. The summed E-state index contributed by atoms with van der Waals surface area (Å²) in [6, 6.07) is 0. The van der Waals surface area contributed by atoms with Crippen molar-refractivity contribution in [3.63, 3.8) is 0 Å². The fourth-order valence-corrected chi connectivity index (χ4v) is 1.25. The molecule has 4 nitrogen and oxygen atoms in total. The van der Waals surface area contributed by atoms with E-state index in [9.17, 15) is 4.79 Å². The van der Waals surface area contributed by atoms with Crippen LogP contribution in [0.2, 0.25) is 0 Å². The molecule has 0 aromatic rings. The van der Waals surface area contributed by atoms with Crippen molar-refractivity contribution in [2.75, 3.05) is 13.1 Å². The van der Waals surface area contributed by atoms with E-state index in [1.165, 1.54) is 4.90 Å². The summed E-state index contributed by atoms with van der Waals surface area (Å²) in [5, 5.41) is 18.0. The number of carbonyl (C=O) groups is 1. The Labute approximate surface area is 65.4 Å². The van der Waals surface area contributed by atoms with E-state index >= 15 is 0 Å². The molecule has 1 amide bonds. The van der Waals surface area contributed by atoms with Crippen molar-refractivity contribution in [3.05, 3.63) is 0 Å². The quantitative estimate of drug-likeness (QED) is 0.541. The van der Waals surface area contributed by atoms with Gasteiger partial charge in [0.15, 0.2) is 0 Å². The second kappa shape index (κ2) is 3.19. The maximum atomic E-state index is 11.0. The van der Waals surface area contributed by atoms with Gasteiger partial charge in [-0.3, -0.25) is 4.79 Å². The van der Waals surface area contributed by atoms with E-state index < -0.39 is 12.2 Å². The summed E-state index contributed by atoms with van der Waals surface area (Å²) >= 11 is 0. The van der Waals surface area contributed by atoms with Gasteiger partial charge in [-0.2, -0.15) is 0 Å². The lowest BCUT2D eigenvalue weighted by Gasteiger charge is -2.16. The molecule has 0 aromatic carbocycles. The fraction of sp³-hybridized carbons (Fsp3) is 0.857. The second-order valence-corrected chi connectivity index (χ2v) is 3.01. The van der Waals surface area contributed by atoms with Crippen LogP contribution in [0.3, 0.4) is 0 Å².